The van der Waals surface area contributed by atoms with Gasteiger partial charge in [0.2, 0.25) is 0 Å². The molecule has 1 aliphatic heterocycles. The smallest absolute Gasteiger partial charge is 0.310 e. The van der Waals surface area contributed by atoms with Crippen molar-refractivity contribution >= 4 is 5.97 Å². The Morgan fingerprint density at radius 3 is 2.89 bits per heavy atom. The summed E-state index contributed by atoms with van der Waals surface area (Å²) in [5.74, 6) is -0.654. The highest BCUT2D eigenvalue weighted by molar-refractivity contribution is 5.75. The summed E-state index contributed by atoms with van der Waals surface area (Å²) in [6.07, 6.45) is 6.48. The first-order valence-electron chi connectivity index (χ1n) is 7.06. The van der Waals surface area contributed by atoms with Crippen LogP contribution in [0.4, 0.5) is 0 Å². The Balaban J connectivity index is 1.95. The van der Waals surface area contributed by atoms with Crippen LogP contribution >= 0.6 is 0 Å². The number of carboxylic acids is 1. The number of aromatic nitrogens is 2. The third-order valence-corrected chi connectivity index (χ3v) is 4.11. The van der Waals surface area contributed by atoms with Gasteiger partial charge >= 0.3 is 5.97 Å². The normalized spacial score (nSPS) is 23.9. The molecule has 5 heteroatoms. The molecule has 0 bridgehead atoms. The van der Waals surface area contributed by atoms with E-state index >= 15 is 0 Å². The molecule has 0 aliphatic carbocycles. The predicted molar refractivity (Wildman–Crippen MR) is 72.8 cm³/mol. The van der Waals surface area contributed by atoms with Gasteiger partial charge in [-0.05, 0) is 25.8 Å². The van der Waals surface area contributed by atoms with Crippen LogP contribution in [-0.4, -0.2) is 38.8 Å². The highest BCUT2D eigenvalue weighted by Crippen LogP contribution is 2.34. The fourth-order valence-corrected chi connectivity index (χ4v) is 2.81. The maximum absolute atomic E-state index is 11.4. The molecule has 0 radical (unpaired) electrons. The van der Waals surface area contributed by atoms with E-state index in [1.165, 1.54) is 5.56 Å². The summed E-state index contributed by atoms with van der Waals surface area (Å²) in [5, 5.41) is 13.7. The molecule has 1 aromatic rings. The Morgan fingerprint density at radius 1 is 1.53 bits per heavy atom. The van der Waals surface area contributed by atoms with Crippen molar-refractivity contribution in [3.8, 4) is 0 Å². The van der Waals surface area contributed by atoms with E-state index in [0.29, 0.717) is 13.0 Å². The van der Waals surface area contributed by atoms with Gasteiger partial charge < -0.3 is 5.11 Å². The quantitative estimate of drug-likeness (QED) is 0.854. The summed E-state index contributed by atoms with van der Waals surface area (Å²) in [6.45, 7) is 7.35. The summed E-state index contributed by atoms with van der Waals surface area (Å²) < 4.78 is 1.95. The Kier molecular flexibility index (Phi) is 4.24. The van der Waals surface area contributed by atoms with Crippen molar-refractivity contribution in [1.82, 2.24) is 14.7 Å². The molecule has 1 fully saturated rings. The lowest BCUT2D eigenvalue weighted by Gasteiger charge is -2.22. The highest BCUT2D eigenvalue weighted by atomic mass is 16.4. The number of aryl methyl sites for hydroxylation is 1. The number of rotatable bonds is 6. The van der Waals surface area contributed by atoms with Crippen LogP contribution in [0, 0.1) is 5.41 Å². The van der Waals surface area contributed by atoms with Crippen LogP contribution < -0.4 is 0 Å². The predicted octanol–water partition coefficient (Wildman–Crippen LogP) is 1.98. The number of hydrogen-bond acceptors (Lipinski definition) is 3. The molecule has 1 saturated heterocycles. The van der Waals surface area contributed by atoms with E-state index in [4.69, 9.17) is 0 Å². The van der Waals surface area contributed by atoms with Crippen molar-refractivity contribution < 1.29 is 9.90 Å². The first kappa shape index (κ1) is 14.1. The van der Waals surface area contributed by atoms with Crippen LogP contribution in [-0.2, 0) is 17.9 Å². The molecule has 106 valence electrons. The molecular formula is C14H23N3O2. The molecule has 1 N–H and O–H groups in total. The van der Waals surface area contributed by atoms with Gasteiger partial charge in [0.05, 0.1) is 11.6 Å². The summed E-state index contributed by atoms with van der Waals surface area (Å²) in [7, 11) is 0. The molecule has 1 atom stereocenters. The Hall–Kier alpha value is -1.36. The number of aliphatic carboxylic acids is 1. The largest absolute Gasteiger partial charge is 0.481 e. The molecule has 2 rings (SSSR count). The lowest BCUT2D eigenvalue weighted by molar-refractivity contribution is -0.148. The van der Waals surface area contributed by atoms with Crippen LogP contribution in [0.3, 0.4) is 0 Å². The minimum atomic E-state index is -0.654. The maximum atomic E-state index is 11.4. The van der Waals surface area contributed by atoms with Crippen molar-refractivity contribution in [3.63, 3.8) is 0 Å². The van der Waals surface area contributed by atoms with Gasteiger partial charge in [-0.25, -0.2) is 0 Å². The number of hydrogen-bond donors (Lipinski definition) is 1. The fourth-order valence-electron chi connectivity index (χ4n) is 2.81. The lowest BCUT2D eigenvalue weighted by Crippen LogP contribution is -2.33. The zero-order valence-corrected chi connectivity index (χ0v) is 11.8. The van der Waals surface area contributed by atoms with E-state index in [-0.39, 0.29) is 0 Å². The van der Waals surface area contributed by atoms with Gasteiger partial charge in [0, 0.05) is 31.4 Å². The summed E-state index contributed by atoms with van der Waals surface area (Å²) in [5.41, 5.74) is 0.630. The van der Waals surface area contributed by atoms with Gasteiger partial charge in [0.15, 0.2) is 0 Å². The fraction of sp³-hybridized carbons (Fsp3) is 0.714. The topological polar surface area (TPSA) is 58.4 Å². The van der Waals surface area contributed by atoms with E-state index in [0.717, 1.165) is 32.5 Å². The second-order valence-electron chi connectivity index (χ2n) is 5.51. The third-order valence-electron chi connectivity index (χ3n) is 4.11. The van der Waals surface area contributed by atoms with Crippen LogP contribution in [0.25, 0.3) is 0 Å². The highest BCUT2D eigenvalue weighted by Gasteiger charge is 2.43. The van der Waals surface area contributed by atoms with Crippen LogP contribution in [0.5, 0.6) is 0 Å². The second kappa shape index (κ2) is 5.74. The first-order chi connectivity index (χ1) is 9.09. The number of nitrogens with zero attached hydrogens (tertiary/aromatic N) is 3. The minimum absolute atomic E-state index is 0.542. The number of carbonyl (C=O) groups is 1. The second-order valence-corrected chi connectivity index (χ2v) is 5.51. The van der Waals surface area contributed by atoms with Gasteiger partial charge in [0.1, 0.15) is 0 Å². The van der Waals surface area contributed by atoms with Crippen molar-refractivity contribution in [2.75, 3.05) is 13.1 Å². The van der Waals surface area contributed by atoms with Crippen molar-refractivity contribution in [2.45, 2.75) is 46.2 Å². The number of carboxylic acid groups (broad SMARTS) is 1. The molecule has 0 amide bonds. The molecule has 2 heterocycles. The molecule has 0 spiro atoms. The molecule has 1 unspecified atom stereocenters. The van der Waals surface area contributed by atoms with Crippen LogP contribution in [0.1, 0.15) is 38.7 Å². The average Bonchev–Trinajstić information content (AvgIpc) is 2.98. The Bertz CT molecular complexity index is 444. The van der Waals surface area contributed by atoms with Gasteiger partial charge in [-0.2, -0.15) is 5.10 Å². The van der Waals surface area contributed by atoms with Gasteiger partial charge in [0.25, 0.3) is 0 Å². The average molecular weight is 265 g/mol. The lowest BCUT2D eigenvalue weighted by atomic mass is 9.84. The molecule has 0 saturated carbocycles. The van der Waals surface area contributed by atoms with E-state index < -0.39 is 11.4 Å². The molecule has 1 aliphatic rings. The van der Waals surface area contributed by atoms with Gasteiger partial charge in [-0.1, -0.05) is 13.8 Å². The zero-order chi connectivity index (χ0) is 13.9. The van der Waals surface area contributed by atoms with E-state index in [2.05, 4.69) is 23.1 Å². The zero-order valence-electron chi connectivity index (χ0n) is 11.8. The van der Waals surface area contributed by atoms with E-state index in [1.807, 2.05) is 17.8 Å². The molecule has 19 heavy (non-hydrogen) atoms. The summed E-state index contributed by atoms with van der Waals surface area (Å²) in [4.78, 5) is 13.6. The van der Waals surface area contributed by atoms with Gasteiger partial charge in [-0.15, -0.1) is 0 Å². The summed E-state index contributed by atoms with van der Waals surface area (Å²) >= 11 is 0. The van der Waals surface area contributed by atoms with E-state index in [9.17, 15) is 9.90 Å². The van der Waals surface area contributed by atoms with Crippen molar-refractivity contribution in [3.05, 3.63) is 18.0 Å². The van der Waals surface area contributed by atoms with Crippen molar-refractivity contribution in [1.29, 1.82) is 0 Å². The van der Waals surface area contributed by atoms with Crippen molar-refractivity contribution in [2.24, 2.45) is 5.41 Å². The van der Waals surface area contributed by atoms with E-state index in [1.54, 1.807) is 0 Å². The Morgan fingerprint density at radius 2 is 2.32 bits per heavy atom. The number of likely N-dealkylation sites (tertiary alicyclic amines) is 1. The maximum Gasteiger partial charge on any atom is 0.310 e. The third kappa shape index (κ3) is 2.97. The molecule has 1 aromatic heterocycles. The monoisotopic (exact) mass is 265 g/mol. The van der Waals surface area contributed by atoms with Gasteiger partial charge in [-0.3, -0.25) is 14.4 Å². The molecular weight excluding hydrogens is 242 g/mol. The van der Waals surface area contributed by atoms with Crippen LogP contribution in [0.2, 0.25) is 0 Å². The molecule has 0 aromatic carbocycles. The summed E-state index contributed by atoms with van der Waals surface area (Å²) in [6, 6.07) is 0. The SMILES string of the molecule is CCCn1cc(CN2CCC(CC)(C(=O)O)C2)cn1. The Labute approximate surface area is 114 Å². The first-order valence-corrected chi connectivity index (χ1v) is 7.06. The standard InChI is InChI=1S/C14H23N3O2/c1-3-6-17-10-12(8-15-17)9-16-7-5-14(4-2,11-16)13(18)19/h8,10H,3-7,9,11H2,1-2H3,(H,18,19). The minimum Gasteiger partial charge on any atom is -0.481 e. The molecule has 5 nitrogen and oxygen atoms in total. The van der Waals surface area contributed by atoms with Crippen LogP contribution in [0.15, 0.2) is 12.4 Å².